The molecule has 0 aliphatic rings. The van der Waals surface area contributed by atoms with E-state index in [-0.39, 0.29) is 11.6 Å². The van der Waals surface area contributed by atoms with Gasteiger partial charge < -0.3 is 10.1 Å². The van der Waals surface area contributed by atoms with Gasteiger partial charge in [-0.05, 0) is 51.4 Å². The third-order valence-electron chi connectivity index (χ3n) is 3.17. The molecule has 0 bridgehead atoms. The van der Waals surface area contributed by atoms with Gasteiger partial charge in [0.15, 0.2) is 0 Å². The van der Waals surface area contributed by atoms with E-state index in [0.717, 1.165) is 18.5 Å². The number of hydrogen-bond acceptors (Lipinski definition) is 2. The average molecular weight is 290 g/mol. The molecule has 1 aromatic carbocycles. The molecule has 4 heteroatoms. The Balaban J connectivity index is 2.50. The summed E-state index contributed by atoms with van der Waals surface area (Å²) >= 11 is 11.9. The largest absolute Gasteiger partial charge is 0.379 e. The fourth-order valence-corrected chi connectivity index (χ4v) is 1.90. The van der Waals surface area contributed by atoms with Crippen molar-refractivity contribution in [3.05, 3.63) is 33.8 Å². The highest BCUT2D eigenvalue weighted by molar-refractivity contribution is 6.42. The lowest BCUT2D eigenvalue weighted by Crippen LogP contribution is -2.30. The first-order valence-corrected chi connectivity index (χ1v) is 6.85. The Bertz CT molecular complexity index is 393. The normalized spacial score (nSPS) is 13.7. The summed E-state index contributed by atoms with van der Waals surface area (Å²) in [6.07, 6.45) is 0.954. The van der Waals surface area contributed by atoms with E-state index in [2.05, 4.69) is 26.1 Å². The number of nitrogens with one attached hydrogen (secondary N) is 1. The lowest BCUT2D eigenvalue weighted by molar-refractivity contribution is 0.0154. The monoisotopic (exact) mass is 289 g/mol. The molecule has 18 heavy (non-hydrogen) atoms. The van der Waals surface area contributed by atoms with E-state index in [4.69, 9.17) is 27.9 Å². The quantitative estimate of drug-likeness (QED) is 0.835. The first-order chi connectivity index (χ1) is 8.35. The Hall–Kier alpha value is -0.280. The minimum atomic E-state index is -0.0929. The second-order valence-corrected chi connectivity index (χ2v) is 5.88. The van der Waals surface area contributed by atoms with Crippen LogP contribution in [0.4, 0.5) is 0 Å². The predicted molar refractivity (Wildman–Crippen MR) is 78.6 cm³/mol. The van der Waals surface area contributed by atoms with E-state index in [1.807, 2.05) is 18.2 Å². The van der Waals surface area contributed by atoms with Crippen LogP contribution in [0, 0.1) is 0 Å². The highest BCUT2D eigenvalue weighted by Crippen LogP contribution is 2.25. The van der Waals surface area contributed by atoms with Crippen molar-refractivity contribution in [2.24, 2.45) is 0 Å². The molecule has 0 fully saturated rings. The Kier molecular flexibility index (Phi) is 5.93. The summed E-state index contributed by atoms with van der Waals surface area (Å²) in [5.41, 5.74) is 1.05. The van der Waals surface area contributed by atoms with Crippen molar-refractivity contribution in [3.63, 3.8) is 0 Å². The standard InChI is InChI=1S/C14H21Cl2NO/c1-10(17-8-7-14(2,3)18-4)11-5-6-12(15)13(16)9-11/h5-6,9-10,17H,7-8H2,1-4H3. The average Bonchev–Trinajstić information content (AvgIpc) is 2.32. The maximum Gasteiger partial charge on any atom is 0.0634 e. The number of ether oxygens (including phenoxy) is 1. The molecule has 102 valence electrons. The molecule has 1 aromatic rings. The molecule has 1 rings (SSSR count). The SMILES string of the molecule is COC(C)(C)CCNC(C)c1ccc(Cl)c(Cl)c1. The zero-order valence-electron chi connectivity index (χ0n) is 11.4. The molecule has 0 saturated carbocycles. The van der Waals surface area contributed by atoms with Crippen LogP contribution in [0.5, 0.6) is 0 Å². The molecule has 1 atom stereocenters. The van der Waals surface area contributed by atoms with Crippen LogP contribution in [0.15, 0.2) is 18.2 Å². The van der Waals surface area contributed by atoms with E-state index >= 15 is 0 Å². The van der Waals surface area contributed by atoms with Crippen molar-refractivity contribution < 1.29 is 4.74 Å². The van der Waals surface area contributed by atoms with Crippen molar-refractivity contribution in [3.8, 4) is 0 Å². The minimum Gasteiger partial charge on any atom is -0.379 e. The van der Waals surface area contributed by atoms with Crippen LogP contribution >= 0.6 is 23.2 Å². The molecule has 0 aliphatic heterocycles. The highest BCUT2D eigenvalue weighted by atomic mass is 35.5. The molecule has 0 spiro atoms. The van der Waals surface area contributed by atoms with Gasteiger partial charge in [-0.2, -0.15) is 0 Å². The third kappa shape index (κ3) is 4.77. The molecule has 1 unspecified atom stereocenters. The fourth-order valence-electron chi connectivity index (χ4n) is 1.59. The van der Waals surface area contributed by atoms with Crippen molar-refractivity contribution in [2.45, 2.75) is 38.8 Å². The number of methoxy groups -OCH3 is 1. The topological polar surface area (TPSA) is 21.3 Å². The van der Waals surface area contributed by atoms with Crippen LogP contribution in [0.1, 0.15) is 38.8 Å². The summed E-state index contributed by atoms with van der Waals surface area (Å²) in [5, 5.41) is 4.64. The van der Waals surface area contributed by atoms with Gasteiger partial charge in [0.05, 0.1) is 15.6 Å². The molecule has 2 nitrogen and oxygen atoms in total. The summed E-state index contributed by atoms with van der Waals surface area (Å²) in [5.74, 6) is 0. The second-order valence-electron chi connectivity index (χ2n) is 5.06. The molecule has 0 heterocycles. The van der Waals surface area contributed by atoms with E-state index < -0.39 is 0 Å². The van der Waals surface area contributed by atoms with E-state index in [1.165, 1.54) is 0 Å². The smallest absolute Gasteiger partial charge is 0.0634 e. The lowest BCUT2D eigenvalue weighted by atomic mass is 10.0. The van der Waals surface area contributed by atoms with Gasteiger partial charge in [-0.15, -0.1) is 0 Å². The van der Waals surface area contributed by atoms with Crippen molar-refractivity contribution in [1.82, 2.24) is 5.32 Å². The van der Waals surface area contributed by atoms with Crippen molar-refractivity contribution >= 4 is 23.2 Å². The molecule has 1 N–H and O–H groups in total. The molecule has 0 aliphatic carbocycles. The van der Waals surface area contributed by atoms with Crippen LogP contribution < -0.4 is 5.32 Å². The molecule has 0 radical (unpaired) electrons. The van der Waals surface area contributed by atoms with Gasteiger partial charge in [-0.25, -0.2) is 0 Å². The van der Waals surface area contributed by atoms with Gasteiger partial charge in [0.25, 0.3) is 0 Å². The van der Waals surface area contributed by atoms with E-state index in [1.54, 1.807) is 7.11 Å². The summed E-state index contributed by atoms with van der Waals surface area (Å²) in [6.45, 7) is 7.17. The minimum absolute atomic E-state index is 0.0929. The number of rotatable bonds is 6. The molecular weight excluding hydrogens is 269 g/mol. The molecular formula is C14H21Cl2NO. The lowest BCUT2D eigenvalue weighted by Gasteiger charge is -2.24. The zero-order valence-corrected chi connectivity index (χ0v) is 12.9. The van der Waals surface area contributed by atoms with Crippen LogP contribution in [0.3, 0.4) is 0 Å². The third-order valence-corrected chi connectivity index (χ3v) is 3.91. The summed E-state index contributed by atoms with van der Waals surface area (Å²) < 4.78 is 5.38. The number of benzene rings is 1. The van der Waals surface area contributed by atoms with E-state index in [0.29, 0.717) is 10.0 Å². The summed E-state index contributed by atoms with van der Waals surface area (Å²) in [6, 6.07) is 5.97. The second kappa shape index (κ2) is 6.76. The molecule has 0 saturated heterocycles. The Labute approximate surface area is 120 Å². The van der Waals surface area contributed by atoms with Crippen LogP contribution in [0.2, 0.25) is 10.0 Å². The number of halogens is 2. The first kappa shape index (κ1) is 15.8. The first-order valence-electron chi connectivity index (χ1n) is 6.09. The number of hydrogen-bond donors (Lipinski definition) is 1. The van der Waals surface area contributed by atoms with E-state index in [9.17, 15) is 0 Å². The van der Waals surface area contributed by atoms with Gasteiger partial charge in [-0.1, -0.05) is 29.3 Å². The summed E-state index contributed by atoms with van der Waals surface area (Å²) in [4.78, 5) is 0. The van der Waals surface area contributed by atoms with Crippen molar-refractivity contribution in [2.75, 3.05) is 13.7 Å². The maximum absolute atomic E-state index is 6.01. The summed E-state index contributed by atoms with van der Waals surface area (Å²) in [7, 11) is 1.74. The Morgan fingerprint density at radius 3 is 2.50 bits per heavy atom. The Morgan fingerprint density at radius 1 is 1.28 bits per heavy atom. The highest BCUT2D eigenvalue weighted by Gasteiger charge is 2.16. The molecule has 0 aromatic heterocycles. The van der Waals surface area contributed by atoms with Crippen LogP contribution in [-0.2, 0) is 4.74 Å². The van der Waals surface area contributed by atoms with Crippen LogP contribution in [-0.4, -0.2) is 19.3 Å². The van der Waals surface area contributed by atoms with Gasteiger partial charge in [0.2, 0.25) is 0 Å². The van der Waals surface area contributed by atoms with Gasteiger partial charge >= 0.3 is 0 Å². The maximum atomic E-state index is 6.01. The van der Waals surface area contributed by atoms with Gasteiger partial charge in [-0.3, -0.25) is 0 Å². The van der Waals surface area contributed by atoms with Gasteiger partial charge in [0, 0.05) is 13.2 Å². The van der Waals surface area contributed by atoms with Gasteiger partial charge in [0.1, 0.15) is 0 Å². The fraction of sp³-hybridized carbons (Fsp3) is 0.571. The molecule has 0 amide bonds. The Morgan fingerprint density at radius 2 is 1.94 bits per heavy atom. The zero-order chi connectivity index (χ0) is 13.8. The predicted octanol–water partition coefficient (Wildman–Crippen LogP) is 4.46. The van der Waals surface area contributed by atoms with Crippen molar-refractivity contribution in [1.29, 1.82) is 0 Å². The van der Waals surface area contributed by atoms with Crippen LogP contribution in [0.25, 0.3) is 0 Å².